The van der Waals surface area contributed by atoms with Gasteiger partial charge in [0, 0.05) is 42.0 Å². The van der Waals surface area contributed by atoms with Crippen LogP contribution in [0.1, 0.15) is 37.8 Å². The zero-order valence-electron chi connectivity index (χ0n) is 21.8. The predicted molar refractivity (Wildman–Crippen MR) is 139 cm³/mol. The van der Waals surface area contributed by atoms with Gasteiger partial charge < -0.3 is 19.1 Å². The quantitative estimate of drug-likeness (QED) is 0.393. The molecule has 3 aromatic rings. The first-order valence-electron chi connectivity index (χ1n) is 12.2. The molecule has 1 aliphatic rings. The second kappa shape index (κ2) is 11.5. The lowest BCUT2D eigenvalue weighted by atomic mass is 9.68. The van der Waals surface area contributed by atoms with E-state index < -0.39 is 29.7 Å². The van der Waals surface area contributed by atoms with Gasteiger partial charge in [-0.1, -0.05) is 36.4 Å². The van der Waals surface area contributed by atoms with Gasteiger partial charge in [-0.3, -0.25) is 9.59 Å². The molecule has 7 nitrogen and oxygen atoms in total. The highest BCUT2D eigenvalue weighted by molar-refractivity contribution is 6.03. The van der Waals surface area contributed by atoms with Crippen LogP contribution in [0.4, 0.5) is 9.18 Å². The Hall–Kier alpha value is -4.20. The Morgan fingerprint density at radius 2 is 1.29 bits per heavy atom. The predicted octanol–water partition coefficient (Wildman–Crippen LogP) is 5.32. The lowest BCUT2D eigenvalue weighted by Gasteiger charge is -2.42. The van der Waals surface area contributed by atoms with E-state index in [4.69, 9.17) is 14.2 Å². The highest BCUT2D eigenvalue weighted by atomic mass is 19.1. The molecule has 4 rings (SSSR count). The van der Waals surface area contributed by atoms with Gasteiger partial charge in [0.1, 0.15) is 17.3 Å². The van der Waals surface area contributed by atoms with Gasteiger partial charge in [0.25, 0.3) is 0 Å². The standard InChI is InChI=1S/C30H30FNO6/c1-18-23(12-7-13-26(18)31)27-24(28(33)19-8-5-10-21(14-19)36-2)16-32(30(35)38-4)17-25(27)29(34)20-9-6-11-22(15-20)37-3/h5-15,24-25,27H,16-17H2,1-4H3/t24-,25-/m0/s1. The van der Waals surface area contributed by atoms with Crippen molar-refractivity contribution in [1.82, 2.24) is 4.90 Å². The fourth-order valence-corrected chi connectivity index (χ4v) is 5.23. The summed E-state index contributed by atoms with van der Waals surface area (Å²) in [5.41, 5.74) is 1.65. The first-order chi connectivity index (χ1) is 18.3. The molecule has 1 fully saturated rings. The molecule has 2 atom stereocenters. The average molecular weight is 520 g/mol. The Labute approximate surface area is 221 Å². The molecule has 1 aliphatic heterocycles. The molecule has 198 valence electrons. The van der Waals surface area contributed by atoms with Gasteiger partial charge in [-0.25, -0.2) is 9.18 Å². The number of Topliss-reactive ketones (excluding diaryl/α,β-unsaturated/α-hetero) is 2. The lowest BCUT2D eigenvalue weighted by molar-refractivity contribution is 0.0532. The van der Waals surface area contributed by atoms with Crippen LogP contribution < -0.4 is 9.47 Å². The number of hydrogen-bond acceptors (Lipinski definition) is 6. The number of hydrogen-bond donors (Lipinski definition) is 0. The molecule has 1 heterocycles. The highest BCUT2D eigenvalue weighted by Gasteiger charge is 2.47. The van der Waals surface area contributed by atoms with Crippen LogP contribution in [0.5, 0.6) is 11.5 Å². The first-order valence-corrected chi connectivity index (χ1v) is 12.2. The summed E-state index contributed by atoms with van der Waals surface area (Å²) in [5.74, 6) is -2.41. The van der Waals surface area contributed by atoms with Crippen LogP contribution >= 0.6 is 0 Å². The number of benzene rings is 3. The lowest BCUT2D eigenvalue weighted by Crippen LogP contribution is -2.52. The van der Waals surface area contributed by atoms with Crippen molar-refractivity contribution in [3.8, 4) is 11.5 Å². The minimum absolute atomic E-state index is 0.00519. The van der Waals surface area contributed by atoms with Crippen LogP contribution in [0, 0.1) is 24.6 Å². The maximum Gasteiger partial charge on any atom is 0.409 e. The summed E-state index contributed by atoms with van der Waals surface area (Å²) in [7, 11) is 4.26. The van der Waals surface area contributed by atoms with E-state index in [0.29, 0.717) is 33.8 Å². The molecule has 1 amide bonds. The number of methoxy groups -OCH3 is 3. The number of ether oxygens (including phenoxy) is 3. The topological polar surface area (TPSA) is 82.1 Å². The van der Waals surface area contributed by atoms with Crippen molar-refractivity contribution in [3.63, 3.8) is 0 Å². The minimum Gasteiger partial charge on any atom is -0.497 e. The number of carbonyl (C=O) groups excluding carboxylic acids is 3. The molecule has 0 aromatic heterocycles. The van der Waals surface area contributed by atoms with Crippen molar-refractivity contribution in [1.29, 1.82) is 0 Å². The van der Waals surface area contributed by atoms with Crippen molar-refractivity contribution in [3.05, 3.63) is 94.8 Å². The second-order valence-corrected chi connectivity index (χ2v) is 9.26. The van der Waals surface area contributed by atoms with E-state index in [1.54, 1.807) is 67.6 Å². The van der Waals surface area contributed by atoms with Crippen LogP contribution in [0.15, 0.2) is 66.7 Å². The number of piperidine rings is 1. The zero-order valence-corrected chi connectivity index (χ0v) is 21.8. The van der Waals surface area contributed by atoms with Gasteiger partial charge in [-0.05, 0) is 48.4 Å². The van der Waals surface area contributed by atoms with Gasteiger partial charge in [-0.2, -0.15) is 0 Å². The fourth-order valence-electron chi connectivity index (χ4n) is 5.23. The summed E-state index contributed by atoms with van der Waals surface area (Å²) in [4.78, 5) is 42.2. The van der Waals surface area contributed by atoms with Crippen molar-refractivity contribution in [2.75, 3.05) is 34.4 Å². The maximum atomic E-state index is 14.8. The first kappa shape index (κ1) is 26.9. The van der Waals surface area contributed by atoms with Crippen LogP contribution in [0.25, 0.3) is 0 Å². The van der Waals surface area contributed by atoms with Crippen LogP contribution in [0.2, 0.25) is 0 Å². The number of amides is 1. The van der Waals surface area contributed by atoms with Gasteiger partial charge in [0.15, 0.2) is 11.6 Å². The van der Waals surface area contributed by atoms with Crippen molar-refractivity contribution < 1.29 is 33.0 Å². The number of halogens is 1. The van der Waals surface area contributed by atoms with Crippen molar-refractivity contribution in [2.24, 2.45) is 11.8 Å². The molecule has 0 bridgehead atoms. The largest absolute Gasteiger partial charge is 0.497 e. The molecular formula is C30H30FNO6. The maximum absolute atomic E-state index is 14.8. The van der Waals surface area contributed by atoms with E-state index in [1.807, 2.05) is 0 Å². The van der Waals surface area contributed by atoms with Crippen molar-refractivity contribution in [2.45, 2.75) is 12.8 Å². The van der Waals surface area contributed by atoms with Gasteiger partial charge in [0.2, 0.25) is 0 Å². The smallest absolute Gasteiger partial charge is 0.409 e. The van der Waals surface area contributed by atoms with Crippen LogP contribution in [0.3, 0.4) is 0 Å². The summed E-state index contributed by atoms with van der Waals surface area (Å²) < 4.78 is 30.4. The van der Waals surface area contributed by atoms with E-state index in [2.05, 4.69) is 0 Å². The molecule has 0 radical (unpaired) electrons. The van der Waals surface area contributed by atoms with Crippen LogP contribution in [-0.2, 0) is 4.74 Å². The summed E-state index contributed by atoms with van der Waals surface area (Å²) >= 11 is 0. The van der Waals surface area contributed by atoms with E-state index >= 15 is 0 Å². The Kier molecular flexibility index (Phi) is 8.10. The number of ketones is 2. The Morgan fingerprint density at radius 3 is 1.76 bits per heavy atom. The van der Waals surface area contributed by atoms with Crippen LogP contribution in [-0.4, -0.2) is 57.0 Å². The molecule has 1 saturated heterocycles. The average Bonchev–Trinajstić information content (AvgIpc) is 2.96. The Morgan fingerprint density at radius 1 is 0.789 bits per heavy atom. The Bertz CT molecular complexity index is 1290. The third kappa shape index (κ3) is 5.25. The third-order valence-electron chi connectivity index (χ3n) is 7.18. The SMILES string of the molecule is COC(=O)N1C[C@H](C(=O)c2cccc(OC)c2)C(c2cccc(F)c2C)[C@@H](C(=O)c2cccc(OC)c2)C1. The van der Waals surface area contributed by atoms with Gasteiger partial charge >= 0.3 is 6.09 Å². The number of carbonyl (C=O) groups is 3. The fraction of sp³-hybridized carbons (Fsp3) is 0.300. The van der Waals surface area contributed by atoms with E-state index in [0.717, 1.165) is 0 Å². The molecule has 0 saturated carbocycles. The number of nitrogens with zero attached hydrogens (tertiary/aromatic N) is 1. The molecule has 0 unspecified atom stereocenters. The molecule has 38 heavy (non-hydrogen) atoms. The van der Waals surface area contributed by atoms with E-state index in [-0.39, 0.29) is 24.7 Å². The molecule has 0 N–H and O–H groups in total. The normalized spacial score (nSPS) is 17.6. The molecule has 0 aliphatic carbocycles. The van der Waals surface area contributed by atoms with Crippen molar-refractivity contribution >= 4 is 17.7 Å². The molecule has 8 heteroatoms. The van der Waals surface area contributed by atoms with Gasteiger partial charge in [-0.15, -0.1) is 0 Å². The third-order valence-corrected chi connectivity index (χ3v) is 7.18. The summed E-state index contributed by atoms with van der Waals surface area (Å²) in [6.45, 7) is 1.65. The second-order valence-electron chi connectivity index (χ2n) is 9.26. The Balaban J connectivity index is 1.89. The summed E-state index contributed by atoms with van der Waals surface area (Å²) in [6.07, 6.45) is -0.647. The molecule has 0 spiro atoms. The van der Waals surface area contributed by atoms with E-state index in [9.17, 15) is 18.8 Å². The summed E-state index contributed by atoms with van der Waals surface area (Å²) in [5, 5.41) is 0. The zero-order chi connectivity index (χ0) is 27.4. The summed E-state index contributed by atoms with van der Waals surface area (Å²) in [6, 6.07) is 18.1. The molecular weight excluding hydrogens is 489 g/mol. The van der Waals surface area contributed by atoms with Gasteiger partial charge in [0.05, 0.1) is 21.3 Å². The highest BCUT2D eigenvalue weighted by Crippen LogP contribution is 2.43. The number of rotatable bonds is 7. The minimum atomic E-state index is -0.852. The number of likely N-dealkylation sites (tertiary alicyclic amines) is 1. The molecule has 3 aromatic carbocycles. The monoisotopic (exact) mass is 519 g/mol. The van der Waals surface area contributed by atoms with E-state index in [1.165, 1.54) is 32.3 Å².